The highest BCUT2D eigenvalue weighted by Gasteiger charge is 2.41. The van der Waals surface area contributed by atoms with Crippen molar-refractivity contribution in [1.82, 2.24) is 9.80 Å². The molecule has 24 heavy (non-hydrogen) atoms. The largest absolute Gasteiger partial charge is 0.383 e. The Labute approximate surface area is 144 Å². The van der Waals surface area contributed by atoms with Gasteiger partial charge in [-0.15, -0.1) is 0 Å². The normalized spacial score (nSPS) is 21.0. The van der Waals surface area contributed by atoms with Gasteiger partial charge in [0.25, 0.3) is 5.91 Å². The lowest BCUT2D eigenvalue weighted by molar-refractivity contribution is -0.140. The highest BCUT2D eigenvalue weighted by Crippen LogP contribution is 2.29. The fraction of sp³-hybridized carbons (Fsp3) is 0.400. The molecule has 1 aromatic carbocycles. The molecule has 1 unspecified atom stereocenters. The van der Waals surface area contributed by atoms with Crippen LogP contribution in [0.3, 0.4) is 0 Å². The van der Waals surface area contributed by atoms with Gasteiger partial charge in [0.2, 0.25) is 0 Å². The van der Waals surface area contributed by atoms with Gasteiger partial charge < -0.3 is 9.80 Å². The number of rotatable bonds is 3. The van der Waals surface area contributed by atoms with Gasteiger partial charge in [-0.05, 0) is 26.3 Å². The molecule has 1 heterocycles. The SMILES string of the molecule is CN(C)/C=C1\C(=O)CC(/C=C/c2ccccc2)N(C(C)(C)C)C1=O. The lowest BCUT2D eigenvalue weighted by atomic mass is 9.90. The Morgan fingerprint density at radius 3 is 2.29 bits per heavy atom. The summed E-state index contributed by atoms with van der Waals surface area (Å²) in [7, 11) is 3.63. The van der Waals surface area contributed by atoms with Crippen LogP contribution in [0.5, 0.6) is 0 Å². The van der Waals surface area contributed by atoms with Gasteiger partial charge in [0.1, 0.15) is 0 Å². The van der Waals surface area contributed by atoms with E-state index in [1.165, 1.54) is 0 Å². The number of nitrogens with zero attached hydrogens (tertiary/aromatic N) is 2. The molecule has 1 aliphatic rings. The molecule has 1 saturated heterocycles. The lowest BCUT2D eigenvalue weighted by Gasteiger charge is -2.43. The molecule has 0 aromatic heterocycles. The van der Waals surface area contributed by atoms with Crippen LogP contribution in [0.4, 0.5) is 0 Å². The Morgan fingerprint density at radius 2 is 1.75 bits per heavy atom. The molecule has 1 amide bonds. The Balaban J connectivity index is 2.35. The topological polar surface area (TPSA) is 40.6 Å². The van der Waals surface area contributed by atoms with Gasteiger partial charge in [0.05, 0.1) is 11.6 Å². The van der Waals surface area contributed by atoms with Crippen LogP contribution < -0.4 is 0 Å². The Morgan fingerprint density at radius 1 is 1.12 bits per heavy atom. The van der Waals surface area contributed by atoms with Crippen molar-refractivity contribution >= 4 is 17.8 Å². The van der Waals surface area contributed by atoms with E-state index in [1.807, 2.05) is 82.3 Å². The molecule has 1 fully saturated rings. The molecule has 0 saturated carbocycles. The van der Waals surface area contributed by atoms with Crippen molar-refractivity contribution in [2.24, 2.45) is 0 Å². The van der Waals surface area contributed by atoms with Gasteiger partial charge in [0, 0.05) is 32.3 Å². The fourth-order valence-electron chi connectivity index (χ4n) is 2.92. The predicted molar refractivity (Wildman–Crippen MR) is 97.3 cm³/mol. The maximum Gasteiger partial charge on any atom is 0.259 e. The maximum absolute atomic E-state index is 12.9. The van der Waals surface area contributed by atoms with Crippen LogP contribution in [-0.4, -0.2) is 47.2 Å². The molecule has 4 heteroatoms. The van der Waals surface area contributed by atoms with Gasteiger partial charge in [-0.25, -0.2) is 0 Å². The third-order valence-electron chi connectivity index (χ3n) is 3.90. The van der Waals surface area contributed by atoms with Crippen molar-refractivity contribution in [3.05, 3.63) is 53.7 Å². The number of Topliss-reactive ketones (excluding diaryl/α,β-unsaturated/α-hetero) is 1. The number of carbonyl (C=O) groups excluding carboxylic acids is 2. The highest BCUT2D eigenvalue weighted by atomic mass is 16.2. The fourth-order valence-corrected chi connectivity index (χ4v) is 2.92. The predicted octanol–water partition coefficient (Wildman–Crippen LogP) is 3.11. The van der Waals surface area contributed by atoms with Gasteiger partial charge in [-0.3, -0.25) is 9.59 Å². The van der Waals surface area contributed by atoms with Gasteiger partial charge in [-0.2, -0.15) is 0 Å². The molecule has 128 valence electrons. The summed E-state index contributed by atoms with van der Waals surface area (Å²) in [6, 6.07) is 9.67. The van der Waals surface area contributed by atoms with Crippen LogP contribution in [0.25, 0.3) is 6.08 Å². The van der Waals surface area contributed by atoms with Crippen molar-refractivity contribution in [1.29, 1.82) is 0 Å². The van der Waals surface area contributed by atoms with Crippen LogP contribution in [-0.2, 0) is 9.59 Å². The molecule has 0 spiro atoms. The number of piperidine rings is 1. The highest BCUT2D eigenvalue weighted by molar-refractivity contribution is 6.21. The minimum absolute atomic E-state index is 0.100. The summed E-state index contributed by atoms with van der Waals surface area (Å²) in [5, 5.41) is 0. The van der Waals surface area contributed by atoms with Crippen LogP contribution in [0, 0.1) is 0 Å². The first-order chi connectivity index (χ1) is 11.2. The molecule has 4 nitrogen and oxygen atoms in total. The summed E-state index contributed by atoms with van der Waals surface area (Å²) < 4.78 is 0. The number of ketones is 1. The van der Waals surface area contributed by atoms with Gasteiger partial charge >= 0.3 is 0 Å². The summed E-state index contributed by atoms with van der Waals surface area (Å²) >= 11 is 0. The van der Waals surface area contributed by atoms with Crippen LogP contribution in [0.15, 0.2) is 48.2 Å². The molecular formula is C20H26N2O2. The van der Waals surface area contributed by atoms with E-state index >= 15 is 0 Å². The molecule has 0 N–H and O–H groups in total. The Kier molecular flexibility index (Phi) is 5.27. The smallest absolute Gasteiger partial charge is 0.259 e. The van der Waals surface area contributed by atoms with Crippen molar-refractivity contribution < 1.29 is 9.59 Å². The third-order valence-corrected chi connectivity index (χ3v) is 3.90. The molecule has 0 bridgehead atoms. The average Bonchev–Trinajstić information content (AvgIpc) is 2.48. The number of benzene rings is 1. The van der Waals surface area contributed by atoms with E-state index in [-0.39, 0.29) is 28.8 Å². The summed E-state index contributed by atoms with van der Waals surface area (Å²) in [6.07, 6.45) is 5.87. The zero-order valence-electron chi connectivity index (χ0n) is 15.1. The standard InChI is InChI=1S/C20H26N2O2/c1-20(2,3)22-16(12-11-15-9-7-6-8-10-15)13-18(23)17(19(22)24)14-21(4)5/h6-12,14,16H,13H2,1-5H3/b12-11+,17-14+. The van der Waals surface area contributed by atoms with Crippen LogP contribution >= 0.6 is 0 Å². The third kappa shape index (κ3) is 4.13. The number of amides is 1. The summed E-state index contributed by atoms with van der Waals surface area (Å²) in [5.41, 5.74) is 0.953. The van der Waals surface area contributed by atoms with Crippen molar-refractivity contribution in [2.45, 2.75) is 38.8 Å². The number of likely N-dealkylation sites (tertiary alicyclic amines) is 1. The van der Waals surface area contributed by atoms with E-state index in [4.69, 9.17) is 0 Å². The maximum atomic E-state index is 12.9. The molecule has 1 aromatic rings. The zero-order chi connectivity index (χ0) is 17.9. The van der Waals surface area contributed by atoms with Crippen molar-refractivity contribution in [3.8, 4) is 0 Å². The quantitative estimate of drug-likeness (QED) is 0.633. The van der Waals surface area contributed by atoms with E-state index in [9.17, 15) is 9.59 Å². The molecule has 0 radical (unpaired) electrons. The number of hydrogen-bond donors (Lipinski definition) is 0. The summed E-state index contributed by atoms with van der Waals surface area (Å²) in [6.45, 7) is 5.99. The van der Waals surface area contributed by atoms with Gasteiger partial charge in [-0.1, -0.05) is 42.5 Å². The lowest BCUT2D eigenvalue weighted by Crippen LogP contribution is -2.56. The Bertz CT molecular complexity index is 667. The number of hydrogen-bond acceptors (Lipinski definition) is 3. The first kappa shape index (κ1) is 18.0. The van der Waals surface area contributed by atoms with Crippen molar-refractivity contribution in [2.75, 3.05) is 14.1 Å². The van der Waals surface area contributed by atoms with Gasteiger partial charge in [0.15, 0.2) is 5.78 Å². The first-order valence-electron chi connectivity index (χ1n) is 8.18. The first-order valence-corrected chi connectivity index (χ1v) is 8.18. The second-order valence-corrected chi connectivity index (χ2v) is 7.32. The molecule has 2 rings (SSSR count). The van der Waals surface area contributed by atoms with Crippen LogP contribution in [0.1, 0.15) is 32.8 Å². The van der Waals surface area contributed by atoms with Crippen LogP contribution in [0.2, 0.25) is 0 Å². The molecular weight excluding hydrogens is 300 g/mol. The molecule has 1 aliphatic heterocycles. The van der Waals surface area contributed by atoms with E-state index < -0.39 is 0 Å². The average molecular weight is 326 g/mol. The van der Waals surface area contributed by atoms with E-state index in [2.05, 4.69) is 0 Å². The molecule has 0 aliphatic carbocycles. The number of carbonyl (C=O) groups is 2. The van der Waals surface area contributed by atoms with Crippen molar-refractivity contribution in [3.63, 3.8) is 0 Å². The minimum Gasteiger partial charge on any atom is -0.383 e. The Hall–Kier alpha value is -2.36. The second kappa shape index (κ2) is 7.04. The van der Waals surface area contributed by atoms with E-state index in [1.54, 1.807) is 11.1 Å². The second-order valence-electron chi connectivity index (χ2n) is 7.32. The minimum atomic E-state index is -0.366. The summed E-state index contributed by atoms with van der Waals surface area (Å²) in [4.78, 5) is 28.9. The van der Waals surface area contributed by atoms with E-state index in [0.717, 1.165) is 5.56 Å². The monoisotopic (exact) mass is 326 g/mol. The summed E-state index contributed by atoms with van der Waals surface area (Å²) in [5.74, 6) is -0.299. The molecule has 1 atom stereocenters. The van der Waals surface area contributed by atoms with E-state index in [0.29, 0.717) is 6.42 Å². The zero-order valence-corrected chi connectivity index (χ0v) is 15.1.